The topological polar surface area (TPSA) is 98.2 Å². The van der Waals surface area contributed by atoms with Gasteiger partial charge in [-0.3, -0.25) is 9.59 Å². The highest BCUT2D eigenvalue weighted by Crippen LogP contribution is 2.27. The summed E-state index contributed by atoms with van der Waals surface area (Å²) < 4.78 is 0.973. The van der Waals surface area contributed by atoms with Crippen LogP contribution in [-0.4, -0.2) is 17.9 Å². The molecular weight excluding hydrogens is 250 g/mol. The van der Waals surface area contributed by atoms with E-state index in [0.717, 1.165) is 10.1 Å². The van der Waals surface area contributed by atoms with E-state index in [1.165, 1.54) is 11.3 Å². The van der Waals surface area contributed by atoms with Crippen LogP contribution in [0.2, 0.25) is 0 Å². The molecule has 0 spiro atoms. The summed E-state index contributed by atoms with van der Waals surface area (Å²) in [6, 6.07) is 6.52. The molecule has 0 radical (unpaired) electrons. The number of benzene rings is 1. The second-order valence-corrected chi connectivity index (χ2v) is 5.09. The van der Waals surface area contributed by atoms with Gasteiger partial charge in [-0.25, -0.2) is 0 Å². The third-order valence-corrected chi connectivity index (χ3v) is 3.65. The Morgan fingerprint density at radius 2 is 2.06 bits per heavy atom. The molecule has 0 fully saturated rings. The molecule has 94 valence electrons. The highest BCUT2D eigenvalue weighted by molar-refractivity contribution is 7.20. The van der Waals surface area contributed by atoms with E-state index in [1.54, 1.807) is 25.1 Å². The molecule has 0 bridgehead atoms. The zero-order valence-corrected chi connectivity index (χ0v) is 10.6. The van der Waals surface area contributed by atoms with E-state index in [0.29, 0.717) is 10.6 Å². The molecule has 2 amide bonds. The minimum atomic E-state index is -0.687. The Labute approximate surface area is 108 Å². The number of carbonyl (C=O) groups excluding carboxylic acids is 2. The average Bonchev–Trinajstić information content (AvgIpc) is 2.71. The Hall–Kier alpha value is -2.08. The number of amides is 2. The number of anilines is 1. The third kappa shape index (κ3) is 2.43. The molecule has 0 saturated carbocycles. The summed E-state index contributed by atoms with van der Waals surface area (Å²) in [5.41, 5.74) is 11.4. The molecule has 1 aromatic heterocycles. The van der Waals surface area contributed by atoms with Gasteiger partial charge in [-0.2, -0.15) is 0 Å². The van der Waals surface area contributed by atoms with Crippen LogP contribution in [0.25, 0.3) is 10.1 Å². The number of carbonyl (C=O) groups is 2. The largest absolute Gasteiger partial charge is 0.399 e. The number of rotatable bonds is 3. The van der Waals surface area contributed by atoms with Gasteiger partial charge in [0.2, 0.25) is 5.91 Å². The second kappa shape index (κ2) is 4.66. The molecule has 5 N–H and O–H groups in total. The van der Waals surface area contributed by atoms with Gasteiger partial charge in [-0.1, -0.05) is 0 Å². The maximum atomic E-state index is 11.9. The minimum absolute atomic E-state index is 0.305. The number of nitrogens with two attached hydrogens (primary N) is 2. The van der Waals surface area contributed by atoms with Crippen molar-refractivity contribution in [1.82, 2.24) is 5.32 Å². The number of hydrogen-bond acceptors (Lipinski definition) is 4. The van der Waals surface area contributed by atoms with Crippen LogP contribution in [-0.2, 0) is 4.79 Å². The Morgan fingerprint density at radius 1 is 1.33 bits per heavy atom. The van der Waals surface area contributed by atoms with E-state index in [-0.39, 0.29) is 5.91 Å². The lowest BCUT2D eigenvalue weighted by atomic mass is 10.2. The summed E-state index contributed by atoms with van der Waals surface area (Å²) in [4.78, 5) is 23.3. The minimum Gasteiger partial charge on any atom is -0.399 e. The smallest absolute Gasteiger partial charge is 0.262 e. The number of primary amides is 1. The standard InChI is InChI=1S/C12H13N3O2S/c1-6(11(14)16)15-12(17)10-5-7-4-8(13)2-3-9(7)18-10/h2-6H,13H2,1H3,(H2,14,16)(H,15,17). The van der Waals surface area contributed by atoms with Crippen LogP contribution in [0.3, 0.4) is 0 Å². The van der Waals surface area contributed by atoms with Crippen molar-refractivity contribution in [3.05, 3.63) is 29.1 Å². The lowest BCUT2D eigenvalue weighted by Crippen LogP contribution is -2.41. The molecule has 1 heterocycles. The lowest BCUT2D eigenvalue weighted by Gasteiger charge is -2.08. The fourth-order valence-corrected chi connectivity index (χ4v) is 2.46. The molecule has 5 nitrogen and oxygen atoms in total. The first-order valence-electron chi connectivity index (χ1n) is 5.36. The van der Waals surface area contributed by atoms with Crippen molar-refractivity contribution in [3.8, 4) is 0 Å². The summed E-state index contributed by atoms with van der Waals surface area (Å²) in [7, 11) is 0. The molecule has 2 rings (SSSR count). The Balaban J connectivity index is 2.26. The van der Waals surface area contributed by atoms with Gasteiger partial charge in [0.1, 0.15) is 6.04 Å². The first-order valence-corrected chi connectivity index (χ1v) is 6.18. The third-order valence-electron chi connectivity index (χ3n) is 2.54. The normalized spacial score (nSPS) is 12.3. The SMILES string of the molecule is CC(NC(=O)c1cc2cc(N)ccc2s1)C(N)=O. The predicted octanol–water partition coefficient (Wildman–Crippen LogP) is 1.09. The zero-order chi connectivity index (χ0) is 13.3. The van der Waals surface area contributed by atoms with Gasteiger partial charge < -0.3 is 16.8 Å². The van der Waals surface area contributed by atoms with Crippen molar-refractivity contribution < 1.29 is 9.59 Å². The summed E-state index contributed by atoms with van der Waals surface area (Å²) in [6.07, 6.45) is 0. The maximum absolute atomic E-state index is 11.9. The van der Waals surface area contributed by atoms with E-state index < -0.39 is 11.9 Å². The van der Waals surface area contributed by atoms with Crippen LogP contribution in [0.1, 0.15) is 16.6 Å². The Morgan fingerprint density at radius 3 is 2.72 bits per heavy atom. The first kappa shape index (κ1) is 12.4. The van der Waals surface area contributed by atoms with Gasteiger partial charge in [0.15, 0.2) is 0 Å². The van der Waals surface area contributed by atoms with Crippen molar-refractivity contribution >= 4 is 38.9 Å². The van der Waals surface area contributed by atoms with Crippen LogP contribution in [0.4, 0.5) is 5.69 Å². The van der Waals surface area contributed by atoms with E-state index in [4.69, 9.17) is 11.5 Å². The molecule has 1 unspecified atom stereocenters. The number of thiophene rings is 1. The van der Waals surface area contributed by atoms with E-state index in [1.807, 2.05) is 6.07 Å². The van der Waals surface area contributed by atoms with E-state index in [2.05, 4.69) is 5.32 Å². The molecule has 0 saturated heterocycles. The highest BCUT2D eigenvalue weighted by Gasteiger charge is 2.15. The summed E-state index contributed by atoms with van der Waals surface area (Å²) in [5, 5.41) is 3.45. The van der Waals surface area contributed by atoms with Crippen molar-refractivity contribution in [2.75, 3.05) is 5.73 Å². The number of nitrogens with one attached hydrogen (secondary N) is 1. The molecule has 0 aliphatic heterocycles. The Bertz CT molecular complexity index is 621. The summed E-state index contributed by atoms with van der Waals surface area (Å²) in [5.74, 6) is -0.866. The van der Waals surface area contributed by atoms with Crippen LogP contribution < -0.4 is 16.8 Å². The summed E-state index contributed by atoms with van der Waals surface area (Å²) >= 11 is 1.35. The molecule has 2 aromatic rings. The molecule has 0 aliphatic carbocycles. The fourth-order valence-electron chi connectivity index (χ4n) is 1.51. The monoisotopic (exact) mass is 263 g/mol. The molecule has 1 atom stereocenters. The molecule has 0 aliphatic rings. The Kier molecular flexibility index (Phi) is 3.20. The van der Waals surface area contributed by atoms with Gasteiger partial charge in [0.25, 0.3) is 5.91 Å². The van der Waals surface area contributed by atoms with Crippen molar-refractivity contribution in [1.29, 1.82) is 0 Å². The van der Waals surface area contributed by atoms with Crippen molar-refractivity contribution in [2.45, 2.75) is 13.0 Å². The molecule has 6 heteroatoms. The average molecular weight is 263 g/mol. The van der Waals surface area contributed by atoms with Gasteiger partial charge in [-0.05, 0) is 36.6 Å². The molecule has 18 heavy (non-hydrogen) atoms. The lowest BCUT2D eigenvalue weighted by molar-refractivity contribution is -0.119. The van der Waals surface area contributed by atoms with Crippen LogP contribution >= 0.6 is 11.3 Å². The molecule has 1 aromatic carbocycles. The van der Waals surface area contributed by atoms with E-state index >= 15 is 0 Å². The maximum Gasteiger partial charge on any atom is 0.262 e. The van der Waals surface area contributed by atoms with Crippen LogP contribution in [0.5, 0.6) is 0 Å². The van der Waals surface area contributed by atoms with Crippen LogP contribution in [0, 0.1) is 0 Å². The van der Waals surface area contributed by atoms with Gasteiger partial charge in [0, 0.05) is 10.4 Å². The van der Waals surface area contributed by atoms with Crippen molar-refractivity contribution in [3.63, 3.8) is 0 Å². The zero-order valence-electron chi connectivity index (χ0n) is 9.77. The first-order chi connectivity index (χ1) is 8.47. The number of hydrogen-bond donors (Lipinski definition) is 3. The second-order valence-electron chi connectivity index (χ2n) is 4.01. The van der Waals surface area contributed by atoms with Crippen molar-refractivity contribution in [2.24, 2.45) is 5.73 Å². The van der Waals surface area contributed by atoms with Gasteiger partial charge >= 0.3 is 0 Å². The highest BCUT2D eigenvalue weighted by atomic mass is 32.1. The summed E-state index contributed by atoms with van der Waals surface area (Å²) in [6.45, 7) is 1.55. The van der Waals surface area contributed by atoms with Gasteiger partial charge in [0.05, 0.1) is 4.88 Å². The van der Waals surface area contributed by atoms with Crippen LogP contribution in [0.15, 0.2) is 24.3 Å². The fraction of sp³-hybridized carbons (Fsp3) is 0.167. The number of nitrogen functional groups attached to an aromatic ring is 1. The van der Waals surface area contributed by atoms with E-state index in [9.17, 15) is 9.59 Å². The van der Waals surface area contributed by atoms with Gasteiger partial charge in [-0.15, -0.1) is 11.3 Å². The quantitative estimate of drug-likeness (QED) is 0.723. The predicted molar refractivity (Wildman–Crippen MR) is 72.4 cm³/mol. The number of fused-ring (bicyclic) bond motifs is 1. The molecular formula is C12H13N3O2S.